The van der Waals surface area contributed by atoms with Crippen LogP contribution in [0.3, 0.4) is 0 Å². The zero-order valence-electron chi connectivity index (χ0n) is 25.5. The maximum absolute atomic E-state index is 13.2. The quantitative estimate of drug-likeness (QED) is 0.360. The van der Waals surface area contributed by atoms with Crippen LogP contribution in [0.25, 0.3) is 0 Å². The van der Waals surface area contributed by atoms with Crippen molar-refractivity contribution >= 4 is 23.4 Å². The molecule has 1 aromatic rings. The van der Waals surface area contributed by atoms with Crippen LogP contribution in [0.5, 0.6) is 0 Å². The summed E-state index contributed by atoms with van der Waals surface area (Å²) < 4.78 is 32.7. The lowest BCUT2D eigenvalue weighted by molar-refractivity contribution is -0.133. The zero-order chi connectivity index (χ0) is 30.1. The molecule has 1 aromatic heterocycles. The Morgan fingerprint density at radius 1 is 1.17 bits per heavy atom. The highest BCUT2D eigenvalue weighted by atomic mass is 32.2. The standard InChI is InChI=1S/C30H47F2N7O2S/c1-33-26-21-39(34-29(26)25-19-24(42-4)7-8-27(25)41-30(31)32)22-28(40)38-13-9-23(10-14-38)20-37-17-15-36(16-18-37)12-6-5-11-35(2)3/h5,7-8,11,21,23,25,30,33H,6,9-10,12-20,22H2,1-4H3/b11-5+. The van der Waals surface area contributed by atoms with Gasteiger partial charge in [-0.05, 0) is 61.1 Å². The van der Waals surface area contributed by atoms with Gasteiger partial charge in [0.1, 0.15) is 12.3 Å². The predicted molar refractivity (Wildman–Crippen MR) is 166 cm³/mol. The van der Waals surface area contributed by atoms with E-state index in [1.54, 1.807) is 35.8 Å². The summed E-state index contributed by atoms with van der Waals surface area (Å²) in [5, 5.41) is 7.80. The Balaban J connectivity index is 1.24. The van der Waals surface area contributed by atoms with Crippen LogP contribution in [0.4, 0.5) is 14.5 Å². The Morgan fingerprint density at radius 2 is 1.88 bits per heavy atom. The van der Waals surface area contributed by atoms with Gasteiger partial charge >= 0.3 is 6.61 Å². The number of allylic oxidation sites excluding steroid dienone is 4. The third-order valence-electron chi connectivity index (χ3n) is 8.32. The molecule has 2 fully saturated rings. The SMILES string of the molecule is CNc1cn(CC(=O)N2CCC(CN3CCN(CC/C=C/N(C)C)CC3)CC2)nc1C1CC(SC)=CC=C1OC(F)F. The van der Waals surface area contributed by atoms with Crippen molar-refractivity contribution in [3.8, 4) is 0 Å². The fourth-order valence-electron chi connectivity index (χ4n) is 5.94. The highest BCUT2D eigenvalue weighted by Crippen LogP contribution is 2.40. The summed E-state index contributed by atoms with van der Waals surface area (Å²) in [4.78, 5) is 23.4. The summed E-state index contributed by atoms with van der Waals surface area (Å²) in [6.45, 7) is 5.42. The lowest BCUT2D eigenvalue weighted by Crippen LogP contribution is -2.49. The normalized spacial score (nSPS) is 21.1. The molecule has 0 aromatic carbocycles. The van der Waals surface area contributed by atoms with Crippen LogP contribution in [-0.2, 0) is 16.1 Å². The second-order valence-corrected chi connectivity index (χ2v) is 12.5. The second kappa shape index (κ2) is 15.8. The Kier molecular flexibility index (Phi) is 12.1. The van der Waals surface area contributed by atoms with E-state index in [2.05, 4.69) is 37.4 Å². The molecule has 0 saturated carbocycles. The number of likely N-dealkylation sites (tertiary alicyclic amines) is 1. The van der Waals surface area contributed by atoms with Crippen LogP contribution in [0.2, 0.25) is 0 Å². The van der Waals surface area contributed by atoms with Crippen molar-refractivity contribution in [3.63, 3.8) is 0 Å². The van der Waals surface area contributed by atoms with Crippen molar-refractivity contribution in [2.45, 2.75) is 44.8 Å². The van der Waals surface area contributed by atoms with E-state index in [0.29, 0.717) is 23.7 Å². The fourth-order valence-corrected chi connectivity index (χ4v) is 6.48. The molecule has 0 bridgehead atoms. The van der Waals surface area contributed by atoms with Crippen molar-refractivity contribution in [1.29, 1.82) is 0 Å². The minimum absolute atomic E-state index is 0.0371. The summed E-state index contributed by atoms with van der Waals surface area (Å²) in [6.07, 6.45) is 15.2. The molecule has 3 aliphatic rings. The number of piperidine rings is 1. The van der Waals surface area contributed by atoms with Gasteiger partial charge in [0.05, 0.1) is 17.3 Å². The largest absolute Gasteiger partial charge is 0.439 e. The van der Waals surface area contributed by atoms with Crippen molar-refractivity contribution < 1.29 is 18.3 Å². The molecule has 1 atom stereocenters. The van der Waals surface area contributed by atoms with E-state index in [9.17, 15) is 13.6 Å². The smallest absolute Gasteiger partial charge is 0.387 e. The molecule has 1 aliphatic carbocycles. The lowest BCUT2D eigenvalue weighted by Gasteiger charge is -2.38. The molecule has 42 heavy (non-hydrogen) atoms. The molecule has 9 nitrogen and oxygen atoms in total. The number of nitrogens with one attached hydrogen (secondary N) is 1. The van der Waals surface area contributed by atoms with Gasteiger partial charge in [0.2, 0.25) is 5.91 Å². The molecule has 1 amide bonds. The average molecular weight is 608 g/mol. The predicted octanol–water partition coefficient (Wildman–Crippen LogP) is 4.10. The van der Waals surface area contributed by atoms with E-state index >= 15 is 0 Å². The first-order valence-corrected chi connectivity index (χ1v) is 16.2. The van der Waals surface area contributed by atoms with E-state index in [1.165, 1.54) is 0 Å². The second-order valence-electron chi connectivity index (χ2n) is 11.5. The number of nitrogens with zero attached hydrogens (tertiary/aromatic N) is 6. The van der Waals surface area contributed by atoms with Crippen molar-refractivity contribution in [3.05, 3.63) is 47.0 Å². The first kappa shape index (κ1) is 32.3. The number of hydrogen-bond donors (Lipinski definition) is 1. The van der Waals surface area contributed by atoms with Crippen molar-refractivity contribution in [2.75, 3.05) is 85.1 Å². The van der Waals surface area contributed by atoms with E-state index in [-0.39, 0.29) is 18.2 Å². The molecule has 12 heteroatoms. The van der Waals surface area contributed by atoms with E-state index in [1.807, 2.05) is 31.3 Å². The van der Waals surface area contributed by atoms with Crippen LogP contribution >= 0.6 is 11.8 Å². The van der Waals surface area contributed by atoms with Gasteiger partial charge < -0.3 is 29.7 Å². The molecular weight excluding hydrogens is 560 g/mol. The molecule has 4 rings (SSSR count). The number of piperazine rings is 1. The number of carbonyl (C=O) groups is 1. The van der Waals surface area contributed by atoms with E-state index < -0.39 is 12.5 Å². The summed E-state index contributed by atoms with van der Waals surface area (Å²) >= 11 is 1.58. The van der Waals surface area contributed by atoms with Crippen LogP contribution in [0.1, 0.15) is 37.3 Å². The van der Waals surface area contributed by atoms with E-state index in [0.717, 1.165) is 76.5 Å². The maximum Gasteiger partial charge on any atom is 0.387 e. The highest BCUT2D eigenvalue weighted by Gasteiger charge is 2.31. The Hall–Kier alpha value is -2.57. The summed E-state index contributed by atoms with van der Waals surface area (Å²) in [5.41, 5.74) is 1.32. The van der Waals surface area contributed by atoms with Gasteiger partial charge in [0.15, 0.2) is 0 Å². The van der Waals surface area contributed by atoms with Gasteiger partial charge in [-0.3, -0.25) is 9.48 Å². The van der Waals surface area contributed by atoms with Gasteiger partial charge in [-0.25, -0.2) is 0 Å². The number of thioether (sulfide) groups is 1. The Morgan fingerprint density at radius 3 is 2.52 bits per heavy atom. The van der Waals surface area contributed by atoms with Crippen LogP contribution in [-0.4, -0.2) is 122 Å². The summed E-state index contributed by atoms with van der Waals surface area (Å²) in [6, 6.07) is 0. The monoisotopic (exact) mass is 607 g/mol. The van der Waals surface area contributed by atoms with Crippen molar-refractivity contribution in [2.24, 2.45) is 5.92 Å². The van der Waals surface area contributed by atoms with Gasteiger partial charge in [-0.2, -0.15) is 13.9 Å². The number of amides is 1. The average Bonchev–Trinajstić information content (AvgIpc) is 3.38. The van der Waals surface area contributed by atoms with Crippen LogP contribution in [0, 0.1) is 5.92 Å². The number of aromatic nitrogens is 2. The highest BCUT2D eigenvalue weighted by molar-refractivity contribution is 8.02. The lowest BCUT2D eigenvalue weighted by atomic mass is 9.94. The number of alkyl halides is 2. The molecule has 2 saturated heterocycles. The van der Waals surface area contributed by atoms with Crippen molar-refractivity contribution in [1.82, 2.24) is 29.4 Å². The number of rotatable bonds is 13. The molecule has 0 radical (unpaired) electrons. The topological polar surface area (TPSA) is 69.1 Å². The third-order valence-corrected chi connectivity index (χ3v) is 9.15. The maximum atomic E-state index is 13.2. The van der Waals surface area contributed by atoms with Gasteiger partial charge in [0, 0.05) is 79.7 Å². The number of ether oxygens (including phenoxy) is 1. The van der Waals surface area contributed by atoms with Crippen LogP contribution < -0.4 is 5.32 Å². The first-order chi connectivity index (χ1) is 20.2. The number of carbonyl (C=O) groups excluding carboxylic acids is 1. The van der Waals surface area contributed by atoms with Gasteiger partial charge in [-0.1, -0.05) is 6.08 Å². The summed E-state index contributed by atoms with van der Waals surface area (Å²) in [7, 11) is 5.87. The molecule has 0 spiro atoms. The fraction of sp³-hybridized carbons (Fsp3) is 0.667. The minimum Gasteiger partial charge on any atom is -0.439 e. The summed E-state index contributed by atoms with van der Waals surface area (Å²) in [5.74, 6) is 0.398. The van der Waals surface area contributed by atoms with Gasteiger partial charge in [0.25, 0.3) is 0 Å². The first-order valence-electron chi connectivity index (χ1n) is 15.0. The zero-order valence-corrected chi connectivity index (χ0v) is 26.3. The molecular formula is C30H47F2N7O2S. The number of hydrogen-bond acceptors (Lipinski definition) is 8. The molecule has 2 aliphatic heterocycles. The minimum atomic E-state index is -2.90. The molecule has 3 heterocycles. The number of anilines is 1. The molecule has 1 N–H and O–H groups in total. The third kappa shape index (κ3) is 9.21. The number of halogens is 2. The molecule has 1 unspecified atom stereocenters. The Labute approximate surface area is 253 Å². The van der Waals surface area contributed by atoms with Gasteiger partial charge in [-0.15, -0.1) is 11.8 Å². The Bertz CT molecular complexity index is 1110. The molecule has 234 valence electrons. The van der Waals surface area contributed by atoms with Crippen LogP contribution in [0.15, 0.2) is 41.3 Å². The van der Waals surface area contributed by atoms with E-state index in [4.69, 9.17) is 4.74 Å².